The fraction of sp³-hybridized carbons (Fsp3) is 0.318. The van der Waals surface area contributed by atoms with Crippen LogP contribution in [-0.2, 0) is 9.47 Å². The van der Waals surface area contributed by atoms with E-state index in [0.717, 1.165) is 5.56 Å². The van der Waals surface area contributed by atoms with Crippen molar-refractivity contribution in [2.45, 2.75) is 13.8 Å². The van der Waals surface area contributed by atoms with Crippen LogP contribution >= 0.6 is 0 Å². The van der Waals surface area contributed by atoms with Gasteiger partial charge in [-0.3, -0.25) is 4.79 Å². The normalized spacial score (nSPS) is 12.3. The number of ketones is 1. The minimum Gasteiger partial charge on any atom is -0.467 e. The predicted molar refractivity (Wildman–Crippen MR) is 107 cm³/mol. The summed E-state index contributed by atoms with van der Waals surface area (Å²) < 4.78 is 32.2. The molecule has 0 N–H and O–H groups in total. The number of ether oxygens (including phenoxy) is 6. The van der Waals surface area contributed by atoms with Crippen LogP contribution in [0, 0.1) is 0 Å². The van der Waals surface area contributed by atoms with Gasteiger partial charge in [-0.25, -0.2) is 0 Å². The maximum atomic E-state index is 12.7. The molecule has 1 aliphatic heterocycles. The van der Waals surface area contributed by atoms with Crippen molar-refractivity contribution in [1.29, 1.82) is 0 Å². The molecule has 0 amide bonds. The van der Waals surface area contributed by atoms with Crippen molar-refractivity contribution in [2.75, 3.05) is 33.6 Å². The smallest absolute Gasteiger partial charge is 0.231 e. The van der Waals surface area contributed by atoms with E-state index < -0.39 is 0 Å². The second kappa shape index (κ2) is 10.5. The summed E-state index contributed by atoms with van der Waals surface area (Å²) in [6.45, 7) is 5.20. The maximum Gasteiger partial charge on any atom is 0.231 e. The van der Waals surface area contributed by atoms with E-state index in [1.54, 1.807) is 24.3 Å². The van der Waals surface area contributed by atoms with Crippen molar-refractivity contribution in [1.82, 2.24) is 0 Å². The summed E-state index contributed by atoms with van der Waals surface area (Å²) in [5, 5.41) is 0. The Morgan fingerprint density at radius 2 is 1.59 bits per heavy atom. The molecule has 7 heteroatoms. The minimum atomic E-state index is -0.189. The Morgan fingerprint density at radius 1 is 0.931 bits per heavy atom. The molecule has 0 saturated heterocycles. The number of hydrogen-bond acceptors (Lipinski definition) is 7. The van der Waals surface area contributed by atoms with Crippen LogP contribution in [-0.4, -0.2) is 39.4 Å². The largest absolute Gasteiger partial charge is 0.467 e. The number of allylic oxidation sites excluding steroid dienone is 1. The molecular formula is C22H24O7. The summed E-state index contributed by atoms with van der Waals surface area (Å²) in [4.78, 5) is 12.7. The number of benzene rings is 2. The number of carbonyl (C=O) groups excluding carboxylic acids is 1. The molecule has 0 fully saturated rings. The van der Waals surface area contributed by atoms with Gasteiger partial charge < -0.3 is 28.4 Å². The molecule has 0 radical (unpaired) electrons. The molecule has 2 aromatic carbocycles. The summed E-state index contributed by atoms with van der Waals surface area (Å²) >= 11 is 0. The third-order valence-corrected chi connectivity index (χ3v) is 4.01. The van der Waals surface area contributed by atoms with Gasteiger partial charge in [0.15, 0.2) is 30.9 Å². The van der Waals surface area contributed by atoms with Gasteiger partial charge in [-0.15, -0.1) is 0 Å². The van der Waals surface area contributed by atoms with Crippen LogP contribution in [0.3, 0.4) is 0 Å². The van der Waals surface area contributed by atoms with Crippen molar-refractivity contribution in [2.24, 2.45) is 0 Å². The van der Waals surface area contributed by atoms with E-state index in [2.05, 4.69) is 0 Å². The lowest BCUT2D eigenvalue weighted by Gasteiger charge is -2.11. The molecular weight excluding hydrogens is 376 g/mol. The number of hydrogen-bond donors (Lipinski definition) is 0. The molecule has 7 nitrogen and oxygen atoms in total. The van der Waals surface area contributed by atoms with Gasteiger partial charge in [0.05, 0.1) is 0 Å². The predicted octanol–water partition coefficient (Wildman–Crippen LogP) is 4.06. The first-order chi connectivity index (χ1) is 14.2. The molecule has 2 aromatic rings. The number of fused-ring (bicyclic) bond motifs is 1. The molecule has 0 spiro atoms. The van der Waals surface area contributed by atoms with E-state index in [1.807, 2.05) is 32.0 Å². The Hall–Kier alpha value is -3.03. The van der Waals surface area contributed by atoms with Crippen molar-refractivity contribution in [3.63, 3.8) is 0 Å². The Balaban J connectivity index is 1.74. The minimum absolute atomic E-state index is 0.0894. The van der Waals surface area contributed by atoms with Crippen LogP contribution in [0.1, 0.15) is 29.8 Å². The zero-order valence-corrected chi connectivity index (χ0v) is 16.5. The highest BCUT2D eigenvalue weighted by molar-refractivity contribution is 6.07. The number of carbonyl (C=O) groups is 1. The molecule has 1 heterocycles. The fourth-order valence-electron chi connectivity index (χ4n) is 2.55. The van der Waals surface area contributed by atoms with Crippen LogP contribution in [0.15, 0.2) is 42.5 Å². The van der Waals surface area contributed by atoms with Crippen LogP contribution < -0.4 is 18.9 Å². The van der Waals surface area contributed by atoms with Crippen molar-refractivity contribution >= 4 is 11.9 Å². The molecule has 1 aliphatic rings. The molecule has 0 bridgehead atoms. The quantitative estimate of drug-likeness (QED) is 0.244. The monoisotopic (exact) mass is 400 g/mol. The molecule has 0 saturated carbocycles. The molecule has 154 valence electrons. The zero-order valence-electron chi connectivity index (χ0n) is 16.5. The van der Waals surface area contributed by atoms with Gasteiger partial charge in [0, 0.05) is 24.8 Å². The molecule has 0 atom stereocenters. The average molecular weight is 400 g/mol. The Labute approximate surface area is 169 Å². The second-order valence-electron chi connectivity index (χ2n) is 6.01. The second-order valence-corrected chi connectivity index (χ2v) is 6.01. The summed E-state index contributed by atoms with van der Waals surface area (Å²) in [5.74, 6) is 2.13. The first kappa shape index (κ1) is 20.7. The van der Waals surface area contributed by atoms with Crippen LogP contribution in [0.2, 0.25) is 0 Å². The highest BCUT2D eigenvalue weighted by Gasteiger charge is 2.13. The molecule has 29 heavy (non-hydrogen) atoms. The van der Waals surface area contributed by atoms with Gasteiger partial charge in [0.1, 0.15) is 11.5 Å². The first-order valence-electron chi connectivity index (χ1n) is 9.38. The van der Waals surface area contributed by atoms with Crippen molar-refractivity contribution in [3.05, 3.63) is 53.6 Å². The van der Waals surface area contributed by atoms with E-state index in [0.29, 0.717) is 41.8 Å². The fourth-order valence-corrected chi connectivity index (χ4v) is 2.55. The number of rotatable bonds is 11. The standard InChI is InChI=1S/C22H24O7/c1-3-24-13-26-18-10-17(11-19(12-18)27-14-25-4-2)20(23)7-5-16-6-8-21-22(9-16)29-15-28-21/h5-12H,3-4,13-15H2,1-2H3/b7-5+. The van der Waals surface area contributed by atoms with E-state index in [1.165, 1.54) is 6.08 Å². The van der Waals surface area contributed by atoms with Gasteiger partial charge in [0.2, 0.25) is 6.79 Å². The molecule has 0 unspecified atom stereocenters. The molecule has 3 rings (SSSR count). The Kier molecular flexibility index (Phi) is 7.49. The average Bonchev–Trinajstić information content (AvgIpc) is 3.20. The Bertz CT molecular complexity index is 832. The van der Waals surface area contributed by atoms with Crippen molar-refractivity contribution < 1.29 is 33.2 Å². The first-order valence-corrected chi connectivity index (χ1v) is 9.38. The van der Waals surface area contributed by atoms with Gasteiger partial charge in [-0.2, -0.15) is 0 Å². The zero-order chi connectivity index (χ0) is 20.5. The highest BCUT2D eigenvalue weighted by Crippen LogP contribution is 2.33. The van der Waals surface area contributed by atoms with Gasteiger partial charge in [-0.1, -0.05) is 12.1 Å². The maximum absolute atomic E-state index is 12.7. The van der Waals surface area contributed by atoms with E-state index in [9.17, 15) is 4.79 Å². The summed E-state index contributed by atoms with van der Waals surface area (Å²) in [6, 6.07) is 10.5. The van der Waals surface area contributed by atoms with Crippen LogP contribution in [0.5, 0.6) is 23.0 Å². The van der Waals surface area contributed by atoms with Crippen LogP contribution in [0.4, 0.5) is 0 Å². The van der Waals surface area contributed by atoms with Crippen LogP contribution in [0.25, 0.3) is 6.08 Å². The van der Waals surface area contributed by atoms with Crippen molar-refractivity contribution in [3.8, 4) is 23.0 Å². The third-order valence-electron chi connectivity index (χ3n) is 4.01. The van der Waals surface area contributed by atoms with E-state index in [-0.39, 0.29) is 26.2 Å². The SMILES string of the molecule is CCOCOc1cc(OCOCC)cc(C(=O)/C=C/c2ccc3c(c2)OCO3)c1. The Morgan fingerprint density at radius 3 is 2.24 bits per heavy atom. The van der Waals surface area contributed by atoms with Gasteiger partial charge in [0.25, 0.3) is 0 Å². The molecule has 0 aromatic heterocycles. The third kappa shape index (κ3) is 5.97. The van der Waals surface area contributed by atoms with E-state index >= 15 is 0 Å². The van der Waals surface area contributed by atoms with Gasteiger partial charge >= 0.3 is 0 Å². The lowest BCUT2D eigenvalue weighted by molar-refractivity contribution is 0.0181. The summed E-state index contributed by atoms with van der Waals surface area (Å²) in [5.41, 5.74) is 1.27. The lowest BCUT2D eigenvalue weighted by Crippen LogP contribution is -2.06. The summed E-state index contributed by atoms with van der Waals surface area (Å²) in [7, 11) is 0. The highest BCUT2D eigenvalue weighted by atomic mass is 16.7. The summed E-state index contributed by atoms with van der Waals surface area (Å²) in [6.07, 6.45) is 3.21. The van der Waals surface area contributed by atoms with Gasteiger partial charge in [-0.05, 0) is 49.8 Å². The lowest BCUT2D eigenvalue weighted by atomic mass is 10.1. The topological polar surface area (TPSA) is 72.5 Å². The molecule has 0 aliphatic carbocycles. The van der Waals surface area contributed by atoms with E-state index in [4.69, 9.17) is 28.4 Å².